The number of rotatable bonds is 6. The lowest BCUT2D eigenvalue weighted by Gasteiger charge is -2.12. The van der Waals surface area contributed by atoms with Gasteiger partial charge in [0.25, 0.3) is 0 Å². The van der Waals surface area contributed by atoms with Crippen molar-refractivity contribution in [3.05, 3.63) is 72.2 Å². The Balaban J connectivity index is 0.00000225. The zero-order chi connectivity index (χ0) is 16.6. The molecule has 0 unspecified atom stereocenters. The molecule has 3 rings (SSSR count). The van der Waals surface area contributed by atoms with E-state index < -0.39 is 0 Å². The summed E-state index contributed by atoms with van der Waals surface area (Å²) in [5.41, 5.74) is 1.35. The van der Waals surface area contributed by atoms with E-state index in [1.807, 2.05) is 12.1 Å². The number of nitrogens with zero attached hydrogens (tertiary/aromatic N) is 1. The zero-order valence-electron chi connectivity index (χ0n) is 14.4. The molecule has 0 bridgehead atoms. The molecule has 0 aliphatic rings. The third kappa shape index (κ3) is 5.49. The number of hydrogen-bond acceptors (Lipinski definition) is 2. The summed E-state index contributed by atoms with van der Waals surface area (Å²) in [5, 5.41) is 9.29. The molecule has 0 atom stereocenters. The smallest absolute Gasteiger partial charge is 0.191 e. The van der Waals surface area contributed by atoms with Gasteiger partial charge in [-0.05, 0) is 34.9 Å². The van der Waals surface area contributed by atoms with Crippen LogP contribution in [0, 0.1) is 0 Å². The first-order valence-corrected chi connectivity index (χ1v) is 8.30. The number of fused-ring (bicyclic) bond motifs is 1. The van der Waals surface area contributed by atoms with Crippen LogP contribution in [0.4, 0.5) is 0 Å². The number of guanidine groups is 1. The average Bonchev–Trinajstić information content (AvgIpc) is 3.14. The van der Waals surface area contributed by atoms with Crippen molar-refractivity contribution < 1.29 is 4.42 Å². The van der Waals surface area contributed by atoms with Crippen molar-refractivity contribution >= 4 is 40.7 Å². The minimum atomic E-state index is 0. The molecule has 132 valence electrons. The Morgan fingerprint density at radius 1 is 0.920 bits per heavy atom. The normalized spacial score (nSPS) is 11.2. The van der Waals surface area contributed by atoms with E-state index in [0.29, 0.717) is 0 Å². The lowest BCUT2D eigenvalue weighted by Crippen LogP contribution is -2.39. The van der Waals surface area contributed by atoms with Gasteiger partial charge >= 0.3 is 0 Å². The Bertz CT molecular complexity index is 794. The number of nitrogens with one attached hydrogen (secondary N) is 2. The van der Waals surface area contributed by atoms with E-state index >= 15 is 0 Å². The van der Waals surface area contributed by atoms with Crippen molar-refractivity contribution in [2.75, 3.05) is 20.1 Å². The number of hydrogen-bond donors (Lipinski definition) is 2. The second-order valence-corrected chi connectivity index (χ2v) is 5.64. The highest BCUT2D eigenvalue weighted by Crippen LogP contribution is 2.18. The van der Waals surface area contributed by atoms with Crippen LogP contribution in [-0.4, -0.2) is 26.1 Å². The fourth-order valence-corrected chi connectivity index (χ4v) is 2.81. The topological polar surface area (TPSA) is 49.6 Å². The van der Waals surface area contributed by atoms with E-state index in [9.17, 15) is 0 Å². The summed E-state index contributed by atoms with van der Waals surface area (Å²) in [5.74, 6) is 1.80. The minimum Gasteiger partial charge on any atom is -0.469 e. The van der Waals surface area contributed by atoms with E-state index in [0.717, 1.165) is 37.7 Å². The summed E-state index contributed by atoms with van der Waals surface area (Å²) in [6.07, 6.45) is 3.50. The highest BCUT2D eigenvalue weighted by molar-refractivity contribution is 14.0. The average molecular weight is 449 g/mol. The van der Waals surface area contributed by atoms with Gasteiger partial charge in [-0.15, -0.1) is 24.0 Å². The molecule has 2 aromatic carbocycles. The van der Waals surface area contributed by atoms with Crippen LogP contribution in [0.15, 0.2) is 70.3 Å². The molecule has 0 aliphatic carbocycles. The molecule has 5 heteroatoms. The molecule has 0 aliphatic heterocycles. The third-order valence-electron chi connectivity index (χ3n) is 4.03. The third-order valence-corrected chi connectivity index (χ3v) is 4.03. The van der Waals surface area contributed by atoms with Crippen molar-refractivity contribution in [2.24, 2.45) is 4.99 Å². The predicted molar refractivity (Wildman–Crippen MR) is 115 cm³/mol. The molecule has 2 N–H and O–H groups in total. The van der Waals surface area contributed by atoms with Gasteiger partial charge in [0.05, 0.1) is 6.26 Å². The molecule has 0 radical (unpaired) electrons. The summed E-state index contributed by atoms with van der Waals surface area (Å²) in [6, 6.07) is 18.9. The molecule has 25 heavy (non-hydrogen) atoms. The van der Waals surface area contributed by atoms with Gasteiger partial charge in [0.15, 0.2) is 5.96 Å². The molecular weight excluding hydrogens is 425 g/mol. The molecule has 0 amide bonds. The van der Waals surface area contributed by atoms with E-state index in [-0.39, 0.29) is 24.0 Å². The highest BCUT2D eigenvalue weighted by atomic mass is 127. The summed E-state index contributed by atoms with van der Waals surface area (Å²) < 4.78 is 5.33. The van der Waals surface area contributed by atoms with E-state index in [1.165, 1.54) is 16.3 Å². The largest absolute Gasteiger partial charge is 0.469 e. The van der Waals surface area contributed by atoms with Gasteiger partial charge in [0.2, 0.25) is 0 Å². The van der Waals surface area contributed by atoms with Gasteiger partial charge < -0.3 is 15.1 Å². The van der Waals surface area contributed by atoms with Crippen molar-refractivity contribution in [3.8, 4) is 0 Å². The van der Waals surface area contributed by atoms with Gasteiger partial charge in [-0.1, -0.05) is 42.5 Å². The second kappa shape index (κ2) is 10.1. The van der Waals surface area contributed by atoms with Crippen LogP contribution < -0.4 is 10.6 Å². The molecule has 1 heterocycles. The second-order valence-electron chi connectivity index (χ2n) is 5.64. The molecule has 0 saturated heterocycles. The maximum atomic E-state index is 5.33. The van der Waals surface area contributed by atoms with Gasteiger partial charge in [-0.3, -0.25) is 4.99 Å². The quantitative estimate of drug-likeness (QED) is 0.340. The Labute approximate surface area is 165 Å². The standard InChI is InChI=1S/C20H23N3O.HI/c1-21-20(23-14-12-18-9-5-15-24-18)22-13-11-17-8-4-7-16-6-2-3-10-19(16)17;/h2-10,15H,11-14H2,1H3,(H2,21,22,23);1H. The first kappa shape index (κ1) is 19.3. The number of aliphatic imine (C=N–C) groups is 1. The van der Waals surface area contributed by atoms with E-state index in [1.54, 1.807) is 13.3 Å². The summed E-state index contributed by atoms with van der Waals surface area (Å²) in [7, 11) is 1.79. The fourth-order valence-electron chi connectivity index (χ4n) is 2.81. The zero-order valence-corrected chi connectivity index (χ0v) is 16.7. The maximum absolute atomic E-state index is 5.33. The molecule has 0 saturated carbocycles. The van der Waals surface area contributed by atoms with Crippen LogP contribution in [0.2, 0.25) is 0 Å². The number of furan rings is 1. The highest BCUT2D eigenvalue weighted by Gasteiger charge is 2.02. The van der Waals surface area contributed by atoms with E-state index in [2.05, 4.69) is 58.1 Å². The van der Waals surface area contributed by atoms with Crippen molar-refractivity contribution in [1.82, 2.24) is 10.6 Å². The lowest BCUT2D eigenvalue weighted by atomic mass is 10.0. The fraction of sp³-hybridized carbons (Fsp3) is 0.250. The number of halogens is 1. The van der Waals surface area contributed by atoms with Crippen LogP contribution in [0.5, 0.6) is 0 Å². The van der Waals surface area contributed by atoms with Crippen LogP contribution in [0.1, 0.15) is 11.3 Å². The summed E-state index contributed by atoms with van der Waals surface area (Å²) in [6.45, 7) is 1.63. The molecule has 0 spiro atoms. The van der Waals surface area contributed by atoms with Gasteiger partial charge in [0, 0.05) is 26.6 Å². The van der Waals surface area contributed by atoms with E-state index in [4.69, 9.17) is 4.42 Å². The van der Waals surface area contributed by atoms with Crippen LogP contribution in [-0.2, 0) is 12.8 Å². The Morgan fingerprint density at radius 3 is 2.44 bits per heavy atom. The van der Waals surface area contributed by atoms with Crippen molar-refractivity contribution in [3.63, 3.8) is 0 Å². The van der Waals surface area contributed by atoms with Crippen LogP contribution >= 0.6 is 24.0 Å². The monoisotopic (exact) mass is 449 g/mol. The van der Waals surface area contributed by atoms with Crippen LogP contribution in [0.3, 0.4) is 0 Å². The Morgan fingerprint density at radius 2 is 1.68 bits per heavy atom. The molecule has 1 aromatic heterocycles. The number of benzene rings is 2. The SMILES string of the molecule is CN=C(NCCc1ccco1)NCCc1cccc2ccccc12.I. The minimum absolute atomic E-state index is 0. The molecular formula is C20H24IN3O. The Hall–Kier alpha value is -2.02. The van der Waals surface area contributed by atoms with Gasteiger partial charge in [0.1, 0.15) is 5.76 Å². The predicted octanol–water partition coefficient (Wildman–Crippen LogP) is 4.00. The van der Waals surface area contributed by atoms with Crippen molar-refractivity contribution in [1.29, 1.82) is 0 Å². The molecule has 0 fully saturated rings. The first-order valence-electron chi connectivity index (χ1n) is 8.30. The summed E-state index contributed by atoms with van der Waals surface area (Å²) >= 11 is 0. The maximum Gasteiger partial charge on any atom is 0.191 e. The molecule has 4 nitrogen and oxygen atoms in total. The lowest BCUT2D eigenvalue weighted by molar-refractivity contribution is 0.507. The molecule has 3 aromatic rings. The van der Waals surface area contributed by atoms with Gasteiger partial charge in [-0.25, -0.2) is 0 Å². The van der Waals surface area contributed by atoms with Crippen molar-refractivity contribution in [2.45, 2.75) is 12.8 Å². The van der Waals surface area contributed by atoms with Gasteiger partial charge in [-0.2, -0.15) is 0 Å². The van der Waals surface area contributed by atoms with Crippen LogP contribution in [0.25, 0.3) is 10.8 Å². The first-order chi connectivity index (χ1) is 11.9. The Kier molecular flexibility index (Phi) is 7.78. The summed E-state index contributed by atoms with van der Waals surface area (Å²) in [4.78, 5) is 4.26.